The molecule has 0 bridgehead atoms. The largest absolute Gasteiger partial charge is 0.524 e. The van der Waals surface area contributed by atoms with Gasteiger partial charge in [0.15, 0.2) is 23.2 Å². The molecule has 1 aliphatic rings. The Morgan fingerprint density at radius 1 is 1.19 bits per heavy atom. The third-order valence-electron chi connectivity index (χ3n) is 4.77. The van der Waals surface area contributed by atoms with Gasteiger partial charge in [0.2, 0.25) is 0 Å². The number of hydrogen-bond donors (Lipinski definition) is 6. The Morgan fingerprint density at radius 2 is 1.97 bits per heavy atom. The number of ether oxygens (including phenoxy) is 1. The highest BCUT2D eigenvalue weighted by molar-refractivity contribution is 9.10. The number of nitrogens with one attached hydrogen (secondary N) is 1. The fourth-order valence-electron chi connectivity index (χ4n) is 3.38. The van der Waals surface area contributed by atoms with Gasteiger partial charge in [-0.15, -0.1) is 0 Å². The van der Waals surface area contributed by atoms with Crippen molar-refractivity contribution in [2.75, 3.05) is 11.9 Å². The van der Waals surface area contributed by atoms with Crippen LogP contribution in [-0.2, 0) is 15.8 Å². The maximum absolute atomic E-state index is 11.1. The van der Waals surface area contributed by atoms with Crippen LogP contribution >= 0.6 is 23.8 Å². The Hall–Kier alpha value is -2.16. The van der Waals surface area contributed by atoms with E-state index in [1.807, 2.05) is 0 Å². The Labute approximate surface area is 189 Å². The van der Waals surface area contributed by atoms with Gasteiger partial charge >= 0.3 is 7.82 Å². The summed E-state index contributed by atoms with van der Waals surface area (Å²) in [7, 11) is -4.70. The number of benzene rings is 1. The summed E-state index contributed by atoms with van der Waals surface area (Å²) in [5.41, 5.74) is 1.33. The van der Waals surface area contributed by atoms with Crippen LogP contribution in [0.1, 0.15) is 11.8 Å². The lowest BCUT2D eigenvalue weighted by Crippen LogP contribution is -2.33. The zero-order chi connectivity index (χ0) is 23.0. The number of imidazole rings is 1. The number of halogens is 1. The highest BCUT2D eigenvalue weighted by Crippen LogP contribution is 2.39. The maximum Gasteiger partial charge on any atom is 0.524 e. The SMILES string of the molecule is O=P(O)(O)Oc1cc(Br)cc(CNc2ncnc3c2ncn3[C@@H]2O[C@H](CO)[C@@H](O)[C@H]2O)c1. The molecule has 6 N–H and O–H groups in total. The van der Waals surface area contributed by atoms with Gasteiger partial charge in [0.05, 0.1) is 12.9 Å². The van der Waals surface area contributed by atoms with E-state index in [0.29, 0.717) is 27.0 Å². The third kappa shape index (κ3) is 4.77. The van der Waals surface area contributed by atoms with Crippen LogP contribution in [0, 0.1) is 0 Å². The van der Waals surface area contributed by atoms with Crippen LogP contribution in [0.5, 0.6) is 5.75 Å². The van der Waals surface area contributed by atoms with Crippen LogP contribution < -0.4 is 9.84 Å². The van der Waals surface area contributed by atoms with E-state index in [0.717, 1.165) is 0 Å². The van der Waals surface area contributed by atoms with E-state index in [-0.39, 0.29) is 12.3 Å². The first-order valence-corrected chi connectivity index (χ1v) is 11.6. The zero-order valence-corrected chi connectivity index (χ0v) is 18.7. The van der Waals surface area contributed by atoms with Crippen molar-refractivity contribution in [2.45, 2.75) is 31.1 Å². The van der Waals surface area contributed by atoms with Crippen LogP contribution in [0.25, 0.3) is 11.2 Å². The topological polar surface area (TPSA) is 192 Å². The molecule has 32 heavy (non-hydrogen) atoms. The molecule has 13 nitrogen and oxygen atoms in total. The third-order valence-corrected chi connectivity index (χ3v) is 5.67. The fraction of sp³-hybridized carbons (Fsp3) is 0.353. The van der Waals surface area contributed by atoms with Gasteiger partial charge in [-0.05, 0) is 23.8 Å². The summed E-state index contributed by atoms with van der Waals surface area (Å²) in [5, 5.41) is 32.7. The van der Waals surface area contributed by atoms with Gasteiger partial charge in [-0.3, -0.25) is 14.4 Å². The lowest BCUT2D eigenvalue weighted by Gasteiger charge is -2.16. The predicted molar refractivity (Wildman–Crippen MR) is 112 cm³/mol. The summed E-state index contributed by atoms with van der Waals surface area (Å²) in [6, 6.07) is 4.62. The summed E-state index contributed by atoms with van der Waals surface area (Å²) in [4.78, 5) is 30.6. The molecule has 3 aromatic rings. The van der Waals surface area contributed by atoms with Gasteiger partial charge in [0.1, 0.15) is 30.4 Å². The molecule has 3 heterocycles. The number of aliphatic hydroxyl groups excluding tert-OH is 3. The molecule has 1 saturated heterocycles. The summed E-state index contributed by atoms with van der Waals surface area (Å²) >= 11 is 3.27. The average molecular weight is 532 g/mol. The molecule has 0 aliphatic carbocycles. The first-order chi connectivity index (χ1) is 15.2. The second-order valence-electron chi connectivity index (χ2n) is 7.01. The number of rotatable bonds is 7. The van der Waals surface area contributed by atoms with Crippen molar-refractivity contribution in [2.24, 2.45) is 0 Å². The van der Waals surface area contributed by atoms with Crippen LogP contribution in [0.2, 0.25) is 0 Å². The van der Waals surface area contributed by atoms with Crippen molar-refractivity contribution in [3.8, 4) is 5.75 Å². The smallest absolute Gasteiger partial charge is 0.404 e. The molecule has 0 spiro atoms. The minimum Gasteiger partial charge on any atom is -0.404 e. The molecular weight excluding hydrogens is 513 g/mol. The molecule has 1 aliphatic heterocycles. The lowest BCUT2D eigenvalue weighted by atomic mass is 10.1. The average Bonchev–Trinajstić information content (AvgIpc) is 3.26. The number of fused-ring (bicyclic) bond motifs is 1. The van der Waals surface area contributed by atoms with Crippen LogP contribution in [0.3, 0.4) is 0 Å². The Kier molecular flexibility index (Phi) is 6.47. The Morgan fingerprint density at radius 3 is 2.66 bits per heavy atom. The monoisotopic (exact) mass is 531 g/mol. The molecule has 172 valence electrons. The second-order valence-corrected chi connectivity index (χ2v) is 9.09. The standard InChI is InChI=1S/C17H19BrN5O8P/c18-9-1-8(2-10(3-9)31-32(27,28)29)4-19-15-12-16(21-6-20-15)23(7-22-12)17-14(26)13(25)11(5-24)30-17/h1-3,6-7,11,13-14,17,24-26H,4-5H2,(H,19,20,21)(H2,27,28,29)/t11-,13-,14-,17-/m1/s1. The molecule has 2 aromatic heterocycles. The van der Waals surface area contributed by atoms with Crippen molar-refractivity contribution in [3.05, 3.63) is 40.9 Å². The molecule has 0 amide bonds. The molecule has 1 aromatic carbocycles. The van der Waals surface area contributed by atoms with Crippen LogP contribution in [0.4, 0.5) is 5.82 Å². The lowest BCUT2D eigenvalue weighted by molar-refractivity contribution is -0.0511. The van der Waals surface area contributed by atoms with Crippen LogP contribution in [0.15, 0.2) is 35.3 Å². The first kappa shape index (κ1) is 23.0. The summed E-state index contributed by atoms with van der Waals surface area (Å²) in [6.07, 6.45) is -1.81. The van der Waals surface area contributed by atoms with Crippen molar-refractivity contribution in [1.82, 2.24) is 19.5 Å². The quantitative estimate of drug-likeness (QED) is 0.228. The number of anilines is 1. The number of aromatic nitrogens is 4. The molecule has 4 atom stereocenters. The maximum atomic E-state index is 11.1. The van der Waals surface area contributed by atoms with E-state index >= 15 is 0 Å². The second kappa shape index (κ2) is 9.00. The highest BCUT2D eigenvalue weighted by Gasteiger charge is 2.44. The molecule has 0 unspecified atom stereocenters. The number of phosphoric acid groups is 1. The van der Waals surface area contributed by atoms with E-state index in [2.05, 4.69) is 40.7 Å². The van der Waals surface area contributed by atoms with Crippen molar-refractivity contribution >= 4 is 40.7 Å². The summed E-state index contributed by atoms with van der Waals surface area (Å²) in [5.74, 6) is 0.351. The predicted octanol–water partition coefficient (Wildman–Crippen LogP) is 0.284. The number of phosphoric ester groups is 1. The van der Waals surface area contributed by atoms with E-state index in [1.54, 1.807) is 6.07 Å². The molecule has 15 heteroatoms. The zero-order valence-electron chi connectivity index (χ0n) is 16.2. The van der Waals surface area contributed by atoms with Gasteiger partial charge in [-0.25, -0.2) is 19.5 Å². The van der Waals surface area contributed by atoms with Crippen LogP contribution in [-0.4, -0.2) is 69.5 Å². The minimum absolute atomic E-state index is 0.00835. The van der Waals surface area contributed by atoms with Gasteiger partial charge in [-0.2, -0.15) is 0 Å². The van der Waals surface area contributed by atoms with Crippen molar-refractivity contribution in [3.63, 3.8) is 0 Å². The van der Waals surface area contributed by atoms with Gasteiger partial charge in [0, 0.05) is 11.0 Å². The van der Waals surface area contributed by atoms with Crippen molar-refractivity contribution in [1.29, 1.82) is 0 Å². The summed E-state index contributed by atoms with van der Waals surface area (Å²) < 4.78 is 23.3. The Balaban J connectivity index is 1.56. The van der Waals surface area contributed by atoms with Gasteiger partial charge in [-0.1, -0.05) is 15.9 Å². The van der Waals surface area contributed by atoms with E-state index in [9.17, 15) is 19.9 Å². The number of nitrogens with zero attached hydrogens (tertiary/aromatic N) is 4. The Bertz CT molecular complexity index is 1170. The number of hydrogen-bond acceptors (Lipinski definition) is 10. The molecule has 4 rings (SSSR count). The molecular formula is C17H19BrN5O8P. The highest BCUT2D eigenvalue weighted by atomic mass is 79.9. The fourth-order valence-corrected chi connectivity index (χ4v) is 4.28. The molecule has 0 radical (unpaired) electrons. The van der Waals surface area contributed by atoms with E-state index in [1.165, 1.54) is 29.4 Å². The number of aliphatic hydroxyl groups is 3. The van der Waals surface area contributed by atoms with E-state index in [4.69, 9.17) is 14.5 Å². The minimum atomic E-state index is -4.70. The van der Waals surface area contributed by atoms with E-state index < -0.39 is 39.0 Å². The molecule has 1 fully saturated rings. The first-order valence-electron chi connectivity index (χ1n) is 9.25. The van der Waals surface area contributed by atoms with Crippen molar-refractivity contribution < 1.29 is 38.9 Å². The normalized spacial score (nSPS) is 23.6. The van der Waals surface area contributed by atoms with Gasteiger partial charge in [0.25, 0.3) is 0 Å². The van der Waals surface area contributed by atoms with Gasteiger partial charge < -0.3 is 29.9 Å². The molecule has 0 saturated carbocycles. The summed E-state index contributed by atoms with van der Waals surface area (Å²) in [6.45, 7) is -0.243.